The average molecular weight is 587 g/mol. The fraction of sp³-hybridized carbons (Fsp3) is 0.424. The Kier molecular flexibility index (Phi) is 10.9. The lowest BCUT2D eigenvalue weighted by Crippen LogP contribution is -2.65. The van der Waals surface area contributed by atoms with Gasteiger partial charge in [-0.1, -0.05) is 44.0 Å². The molecule has 3 atom stereocenters. The van der Waals surface area contributed by atoms with E-state index in [1.54, 1.807) is 43.5 Å². The van der Waals surface area contributed by atoms with Crippen molar-refractivity contribution in [2.45, 2.75) is 58.8 Å². The maximum atomic E-state index is 15.2. The number of rotatable bonds is 10. The van der Waals surface area contributed by atoms with Gasteiger partial charge in [0.25, 0.3) is 0 Å². The molecule has 0 spiro atoms. The van der Waals surface area contributed by atoms with Gasteiger partial charge in [0.2, 0.25) is 11.8 Å². The summed E-state index contributed by atoms with van der Waals surface area (Å²) in [5.74, 6) is 5.24. The zero-order valence-corrected chi connectivity index (χ0v) is 25.4. The highest BCUT2D eigenvalue weighted by atomic mass is 19.1. The van der Waals surface area contributed by atoms with Crippen molar-refractivity contribution in [1.29, 1.82) is 0 Å². The summed E-state index contributed by atoms with van der Waals surface area (Å²) in [4.78, 5) is 44.0. The number of nitrogens with one attached hydrogen (secondary N) is 1. The third kappa shape index (κ3) is 7.80. The fourth-order valence-electron chi connectivity index (χ4n) is 5.39. The number of benzene rings is 1. The Labute approximate surface area is 252 Å². The number of hydrogen-bond donors (Lipinski definition) is 1. The molecule has 1 aliphatic heterocycles. The van der Waals surface area contributed by atoms with Gasteiger partial charge in [-0.05, 0) is 50.0 Å². The Morgan fingerprint density at radius 2 is 1.84 bits per heavy atom. The first kappa shape index (κ1) is 31.7. The van der Waals surface area contributed by atoms with Crippen LogP contribution in [0.2, 0.25) is 0 Å². The molecule has 1 saturated heterocycles. The Morgan fingerprint density at radius 1 is 1.12 bits per heavy atom. The first-order chi connectivity index (χ1) is 20.7. The van der Waals surface area contributed by atoms with Gasteiger partial charge in [0.05, 0.1) is 11.7 Å². The van der Waals surface area contributed by atoms with Crippen molar-refractivity contribution in [2.75, 3.05) is 26.8 Å². The van der Waals surface area contributed by atoms with E-state index < -0.39 is 17.9 Å². The SMILES string of the molecule is CC#Cc1ccc(F)c([C@@H](CCOC)N2C[C@@H](C)N(C(=O)C(C)C)[C@@H](C(=O)NCc3ccc(-c4ncccn4)cc3)C2)n1. The molecule has 0 radical (unpaired) electrons. The third-order valence-corrected chi connectivity index (χ3v) is 7.49. The Morgan fingerprint density at radius 3 is 2.49 bits per heavy atom. The van der Waals surface area contributed by atoms with Crippen molar-refractivity contribution in [3.05, 3.63) is 77.6 Å². The fourth-order valence-corrected chi connectivity index (χ4v) is 5.39. The second-order valence-corrected chi connectivity index (χ2v) is 10.9. The molecule has 0 bridgehead atoms. The first-order valence-corrected chi connectivity index (χ1v) is 14.5. The second kappa shape index (κ2) is 14.8. The lowest BCUT2D eigenvalue weighted by molar-refractivity contribution is -0.151. The minimum Gasteiger partial charge on any atom is -0.385 e. The molecule has 0 saturated carbocycles. The molecule has 0 aliphatic carbocycles. The van der Waals surface area contributed by atoms with Crippen LogP contribution >= 0.6 is 0 Å². The van der Waals surface area contributed by atoms with Gasteiger partial charge < -0.3 is 15.0 Å². The minimum absolute atomic E-state index is 0.0996. The van der Waals surface area contributed by atoms with Crippen molar-refractivity contribution in [3.63, 3.8) is 0 Å². The molecule has 0 unspecified atom stereocenters. The van der Waals surface area contributed by atoms with Crippen LogP contribution in [0.5, 0.6) is 0 Å². The topological polar surface area (TPSA) is 101 Å². The molecular formula is C33H39FN6O3. The summed E-state index contributed by atoms with van der Waals surface area (Å²) < 4.78 is 20.6. The lowest BCUT2D eigenvalue weighted by Gasteiger charge is -2.47. The van der Waals surface area contributed by atoms with E-state index in [4.69, 9.17) is 4.74 Å². The Hall–Kier alpha value is -4.20. The smallest absolute Gasteiger partial charge is 0.244 e. The van der Waals surface area contributed by atoms with E-state index in [0.717, 1.165) is 11.1 Å². The molecule has 1 aromatic carbocycles. The molecule has 3 aromatic rings. The monoisotopic (exact) mass is 586 g/mol. The van der Waals surface area contributed by atoms with E-state index in [-0.39, 0.29) is 42.6 Å². The van der Waals surface area contributed by atoms with Gasteiger partial charge >= 0.3 is 0 Å². The van der Waals surface area contributed by atoms with E-state index in [0.29, 0.717) is 31.1 Å². The summed E-state index contributed by atoms with van der Waals surface area (Å²) in [6.45, 7) is 8.61. The number of nitrogens with zero attached hydrogens (tertiary/aromatic N) is 5. The number of pyridine rings is 1. The van der Waals surface area contributed by atoms with Gasteiger partial charge in [-0.3, -0.25) is 14.5 Å². The lowest BCUT2D eigenvalue weighted by atomic mass is 9.98. The molecule has 43 heavy (non-hydrogen) atoms. The Bertz CT molecular complexity index is 1450. The third-order valence-electron chi connectivity index (χ3n) is 7.49. The highest BCUT2D eigenvalue weighted by Crippen LogP contribution is 2.31. The molecule has 10 heteroatoms. The number of aromatic nitrogens is 3. The molecule has 1 N–H and O–H groups in total. The van der Waals surface area contributed by atoms with Crippen molar-refractivity contribution in [3.8, 4) is 23.2 Å². The van der Waals surface area contributed by atoms with Crippen LogP contribution in [0.4, 0.5) is 4.39 Å². The van der Waals surface area contributed by atoms with E-state index in [1.165, 1.54) is 6.07 Å². The molecular weight excluding hydrogens is 547 g/mol. The van der Waals surface area contributed by atoms with Crippen LogP contribution in [-0.2, 0) is 20.9 Å². The van der Waals surface area contributed by atoms with Gasteiger partial charge in [0.15, 0.2) is 5.82 Å². The molecule has 3 heterocycles. The van der Waals surface area contributed by atoms with Crippen LogP contribution in [0.3, 0.4) is 0 Å². The van der Waals surface area contributed by atoms with Crippen LogP contribution in [0, 0.1) is 23.6 Å². The molecule has 4 rings (SSSR count). The normalized spacial score (nSPS) is 17.7. The average Bonchev–Trinajstić information content (AvgIpc) is 3.01. The number of carbonyl (C=O) groups is 2. The predicted molar refractivity (Wildman–Crippen MR) is 162 cm³/mol. The van der Waals surface area contributed by atoms with Crippen molar-refractivity contribution < 1.29 is 18.7 Å². The van der Waals surface area contributed by atoms with E-state index in [2.05, 4.69) is 32.1 Å². The summed E-state index contributed by atoms with van der Waals surface area (Å²) in [5, 5.41) is 3.03. The largest absolute Gasteiger partial charge is 0.385 e. The van der Waals surface area contributed by atoms with E-state index in [9.17, 15) is 9.59 Å². The van der Waals surface area contributed by atoms with Crippen LogP contribution in [0.25, 0.3) is 11.4 Å². The van der Waals surface area contributed by atoms with E-state index >= 15 is 4.39 Å². The first-order valence-electron chi connectivity index (χ1n) is 14.5. The summed E-state index contributed by atoms with van der Waals surface area (Å²) in [7, 11) is 1.59. The highest BCUT2D eigenvalue weighted by molar-refractivity contribution is 5.89. The quantitative estimate of drug-likeness (QED) is 0.359. The van der Waals surface area contributed by atoms with Crippen LogP contribution in [0.15, 0.2) is 54.9 Å². The number of hydrogen-bond acceptors (Lipinski definition) is 7. The number of carbonyl (C=O) groups excluding carboxylic acids is 2. The van der Waals surface area contributed by atoms with Crippen molar-refractivity contribution in [1.82, 2.24) is 30.1 Å². The maximum Gasteiger partial charge on any atom is 0.244 e. The summed E-state index contributed by atoms with van der Waals surface area (Å²) in [6.07, 6.45) is 3.84. The highest BCUT2D eigenvalue weighted by Gasteiger charge is 2.42. The minimum atomic E-state index is -0.776. The van der Waals surface area contributed by atoms with Crippen LogP contribution in [-0.4, -0.2) is 75.5 Å². The Balaban J connectivity index is 1.58. The molecule has 2 aromatic heterocycles. The summed E-state index contributed by atoms with van der Waals surface area (Å²) in [6, 6.07) is 10.8. The predicted octanol–water partition coefficient (Wildman–Crippen LogP) is 4.00. The number of ether oxygens (including phenoxy) is 1. The molecule has 1 fully saturated rings. The second-order valence-electron chi connectivity index (χ2n) is 10.9. The molecule has 9 nitrogen and oxygen atoms in total. The number of methoxy groups -OCH3 is 1. The molecule has 1 aliphatic rings. The summed E-state index contributed by atoms with van der Waals surface area (Å²) >= 11 is 0. The van der Waals surface area contributed by atoms with Crippen LogP contribution in [0.1, 0.15) is 57.1 Å². The number of piperazine rings is 1. The maximum absolute atomic E-state index is 15.2. The van der Waals surface area contributed by atoms with Crippen molar-refractivity contribution >= 4 is 11.8 Å². The number of amides is 2. The zero-order chi connectivity index (χ0) is 30.9. The van der Waals surface area contributed by atoms with Gasteiger partial charge in [0.1, 0.15) is 17.6 Å². The molecule has 2 amide bonds. The van der Waals surface area contributed by atoms with Gasteiger partial charge in [0, 0.05) is 63.3 Å². The van der Waals surface area contributed by atoms with E-state index in [1.807, 2.05) is 49.9 Å². The van der Waals surface area contributed by atoms with Gasteiger partial charge in [-0.2, -0.15) is 0 Å². The standard InChI is InChI=1S/C33H39FN6O3/c1-6-8-26-13-14-27(34)30(38-26)28(15-18-43-5)39-20-23(4)40(33(42)22(2)3)29(21-39)32(41)37-19-24-9-11-25(12-10-24)31-35-16-7-17-36-31/h7,9-14,16-17,22-23,28-29H,15,18-21H2,1-5H3,(H,37,41)/t23-,28-,29-/m1/s1. The van der Waals surface area contributed by atoms with Gasteiger partial charge in [-0.25, -0.2) is 19.3 Å². The number of halogens is 1. The van der Waals surface area contributed by atoms with Gasteiger partial charge in [-0.15, -0.1) is 0 Å². The van der Waals surface area contributed by atoms with Crippen molar-refractivity contribution in [2.24, 2.45) is 5.92 Å². The zero-order valence-electron chi connectivity index (χ0n) is 25.4. The molecule has 226 valence electrons. The summed E-state index contributed by atoms with van der Waals surface area (Å²) in [5.41, 5.74) is 2.50. The van der Waals surface area contributed by atoms with Crippen LogP contribution < -0.4 is 5.32 Å².